The van der Waals surface area contributed by atoms with E-state index in [4.69, 9.17) is 5.11 Å². The van der Waals surface area contributed by atoms with Crippen molar-refractivity contribution in [2.75, 3.05) is 0 Å². The third-order valence-corrected chi connectivity index (χ3v) is 2.09. The van der Waals surface area contributed by atoms with Gasteiger partial charge < -0.3 is 9.67 Å². The molecule has 0 aliphatic carbocycles. The summed E-state index contributed by atoms with van der Waals surface area (Å²) in [6.45, 7) is -0.128. The number of hydrogen-bond donors (Lipinski definition) is 1. The second kappa shape index (κ2) is 3.53. The molecule has 0 bridgehead atoms. The quantitative estimate of drug-likeness (QED) is 0.755. The average molecular weight is 204 g/mol. The van der Waals surface area contributed by atoms with E-state index in [0.29, 0.717) is 16.6 Å². The molecule has 0 saturated heterocycles. The highest BCUT2D eigenvalue weighted by Gasteiger charge is 2.05. The molecule has 1 aromatic carbocycles. The predicted octanol–water partition coefficient (Wildman–Crippen LogP) is 0.933. The summed E-state index contributed by atoms with van der Waals surface area (Å²) < 4.78 is 1.52. The first-order chi connectivity index (χ1) is 7.20. The molecule has 5 nitrogen and oxygen atoms in total. The van der Waals surface area contributed by atoms with Gasteiger partial charge in [0, 0.05) is 5.56 Å². The highest BCUT2D eigenvalue weighted by molar-refractivity contribution is 5.85. The smallest absolute Gasteiger partial charge is 0.323 e. The molecule has 0 radical (unpaired) electrons. The van der Waals surface area contributed by atoms with E-state index in [1.165, 1.54) is 10.9 Å². The molecule has 1 N–H and O–H groups in total. The first-order valence-electron chi connectivity index (χ1n) is 4.32. The fraction of sp³-hybridized carbons (Fsp3) is 0.100. The molecule has 2 aromatic rings. The molecule has 76 valence electrons. The van der Waals surface area contributed by atoms with Gasteiger partial charge in [-0.05, 0) is 18.2 Å². The van der Waals surface area contributed by atoms with Crippen LogP contribution in [0, 0.1) is 0 Å². The molecule has 0 aliphatic heterocycles. The number of carboxylic acid groups (broad SMARTS) is 1. The third kappa shape index (κ3) is 1.71. The van der Waals surface area contributed by atoms with Crippen molar-refractivity contribution >= 4 is 23.3 Å². The number of carboxylic acids is 1. The van der Waals surface area contributed by atoms with E-state index in [2.05, 4.69) is 4.98 Å². The Morgan fingerprint density at radius 1 is 1.53 bits per heavy atom. The van der Waals surface area contributed by atoms with E-state index >= 15 is 0 Å². The predicted molar refractivity (Wildman–Crippen MR) is 52.8 cm³/mol. The number of carbonyl (C=O) groups is 2. The molecule has 0 aliphatic rings. The summed E-state index contributed by atoms with van der Waals surface area (Å²) >= 11 is 0. The van der Waals surface area contributed by atoms with Crippen molar-refractivity contribution in [3.8, 4) is 0 Å². The lowest BCUT2D eigenvalue weighted by atomic mass is 10.2. The van der Waals surface area contributed by atoms with Crippen molar-refractivity contribution in [1.82, 2.24) is 9.55 Å². The Morgan fingerprint density at radius 3 is 3.00 bits per heavy atom. The number of aromatic nitrogens is 2. The summed E-state index contributed by atoms with van der Waals surface area (Å²) in [5, 5.41) is 8.64. The van der Waals surface area contributed by atoms with Gasteiger partial charge in [0.2, 0.25) is 0 Å². The van der Waals surface area contributed by atoms with Crippen LogP contribution in [-0.4, -0.2) is 26.9 Å². The molecule has 0 atom stereocenters. The average Bonchev–Trinajstić information content (AvgIpc) is 2.60. The molecule has 0 amide bonds. The van der Waals surface area contributed by atoms with Crippen LogP contribution < -0.4 is 0 Å². The molecule has 2 rings (SSSR count). The molecule has 0 spiro atoms. The zero-order chi connectivity index (χ0) is 10.8. The van der Waals surface area contributed by atoms with E-state index in [1.807, 2.05) is 0 Å². The van der Waals surface area contributed by atoms with Crippen LogP contribution in [0.1, 0.15) is 10.4 Å². The van der Waals surface area contributed by atoms with Gasteiger partial charge in [-0.3, -0.25) is 9.59 Å². The monoisotopic (exact) mass is 204 g/mol. The van der Waals surface area contributed by atoms with Crippen LogP contribution >= 0.6 is 0 Å². The molecule has 1 aromatic heterocycles. The Hall–Kier alpha value is -2.17. The molecular weight excluding hydrogens is 196 g/mol. The number of carbonyl (C=O) groups excluding carboxylic acids is 1. The van der Waals surface area contributed by atoms with Crippen LogP contribution in [0.25, 0.3) is 11.0 Å². The highest BCUT2D eigenvalue weighted by Crippen LogP contribution is 2.13. The number of rotatable bonds is 3. The minimum atomic E-state index is -0.922. The maximum absolute atomic E-state index is 10.5. The fourth-order valence-corrected chi connectivity index (χ4v) is 1.43. The molecule has 0 fully saturated rings. The van der Waals surface area contributed by atoms with Crippen LogP contribution in [0.15, 0.2) is 24.5 Å². The number of benzene rings is 1. The normalized spacial score (nSPS) is 10.4. The molecular formula is C10H8N2O3. The maximum Gasteiger partial charge on any atom is 0.323 e. The fourth-order valence-electron chi connectivity index (χ4n) is 1.43. The number of nitrogens with zero attached hydrogens (tertiary/aromatic N) is 2. The number of imidazole rings is 1. The van der Waals surface area contributed by atoms with Crippen LogP contribution in [0.3, 0.4) is 0 Å². The van der Waals surface area contributed by atoms with Gasteiger partial charge in [-0.2, -0.15) is 0 Å². The molecule has 5 heteroatoms. The second-order valence-electron chi connectivity index (χ2n) is 3.13. The number of hydrogen-bond acceptors (Lipinski definition) is 3. The lowest BCUT2D eigenvalue weighted by molar-refractivity contribution is -0.137. The summed E-state index contributed by atoms with van der Waals surface area (Å²) in [5.41, 5.74) is 1.87. The highest BCUT2D eigenvalue weighted by atomic mass is 16.4. The number of fused-ring (bicyclic) bond motifs is 1. The summed E-state index contributed by atoms with van der Waals surface area (Å²) in [6.07, 6.45) is 2.18. The van der Waals surface area contributed by atoms with Crippen LogP contribution in [0.5, 0.6) is 0 Å². The Balaban J connectivity index is 2.51. The first-order valence-corrected chi connectivity index (χ1v) is 4.32. The maximum atomic E-state index is 10.5. The topological polar surface area (TPSA) is 72.2 Å². The van der Waals surface area contributed by atoms with Crippen LogP contribution in [0.2, 0.25) is 0 Å². The van der Waals surface area contributed by atoms with E-state index < -0.39 is 5.97 Å². The van der Waals surface area contributed by atoms with Gasteiger partial charge in [0.1, 0.15) is 12.8 Å². The zero-order valence-corrected chi connectivity index (χ0v) is 7.75. The van der Waals surface area contributed by atoms with Crippen molar-refractivity contribution in [1.29, 1.82) is 0 Å². The van der Waals surface area contributed by atoms with E-state index in [0.717, 1.165) is 6.29 Å². The zero-order valence-electron chi connectivity index (χ0n) is 7.75. The molecule has 15 heavy (non-hydrogen) atoms. The van der Waals surface area contributed by atoms with Gasteiger partial charge >= 0.3 is 5.97 Å². The standard InChI is InChI=1S/C10H8N2O3/c13-5-7-1-2-9-8(3-7)11-6-12(9)4-10(14)15/h1-3,5-6H,4H2,(H,14,15). The molecule has 0 saturated carbocycles. The summed E-state index contributed by atoms with van der Waals surface area (Å²) in [5.74, 6) is -0.922. The van der Waals surface area contributed by atoms with E-state index in [1.54, 1.807) is 18.2 Å². The Labute approximate surface area is 85.0 Å². The van der Waals surface area contributed by atoms with Crippen molar-refractivity contribution in [2.24, 2.45) is 0 Å². The van der Waals surface area contributed by atoms with Crippen LogP contribution in [0.4, 0.5) is 0 Å². The second-order valence-corrected chi connectivity index (χ2v) is 3.13. The van der Waals surface area contributed by atoms with Crippen molar-refractivity contribution < 1.29 is 14.7 Å². The lowest BCUT2D eigenvalue weighted by Gasteiger charge is -1.99. The van der Waals surface area contributed by atoms with Crippen molar-refractivity contribution in [3.63, 3.8) is 0 Å². The van der Waals surface area contributed by atoms with E-state index in [9.17, 15) is 9.59 Å². The van der Waals surface area contributed by atoms with Gasteiger partial charge in [-0.25, -0.2) is 4.98 Å². The largest absolute Gasteiger partial charge is 0.480 e. The summed E-state index contributed by atoms with van der Waals surface area (Å²) in [4.78, 5) is 25.1. The molecule has 1 heterocycles. The van der Waals surface area contributed by atoms with Crippen LogP contribution in [-0.2, 0) is 11.3 Å². The molecule has 0 unspecified atom stereocenters. The van der Waals surface area contributed by atoms with Gasteiger partial charge in [0.05, 0.1) is 17.4 Å². The van der Waals surface area contributed by atoms with Gasteiger partial charge in [-0.1, -0.05) is 0 Å². The Morgan fingerprint density at radius 2 is 2.33 bits per heavy atom. The van der Waals surface area contributed by atoms with E-state index in [-0.39, 0.29) is 6.54 Å². The lowest BCUT2D eigenvalue weighted by Crippen LogP contribution is -2.07. The minimum absolute atomic E-state index is 0.128. The number of aldehydes is 1. The number of aliphatic carboxylic acids is 1. The SMILES string of the molecule is O=Cc1ccc2c(c1)ncn2CC(=O)O. The summed E-state index contributed by atoms with van der Waals surface area (Å²) in [6, 6.07) is 4.95. The Bertz CT molecular complexity index is 530. The minimum Gasteiger partial charge on any atom is -0.480 e. The van der Waals surface area contributed by atoms with Crippen molar-refractivity contribution in [3.05, 3.63) is 30.1 Å². The van der Waals surface area contributed by atoms with Gasteiger partial charge in [0.25, 0.3) is 0 Å². The summed E-state index contributed by atoms with van der Waals surface area (Å²) in [7, 11) is 0. The van der Waals surface area contributed by atoms with Gasteiger partial charge in [0.15, 0.2) is 0 Å². The van der Waals surface area contributed by atoms with Gasteiger partial charge in [-0.15, -0.1) is 0 Å². The first kappa shape index (κ1) is 9.39. The third-order valence-electron chi connectivity index (χ3n) is 2.09. The Kier molecular flexibility index (Phi) is 2.21. The van der Waals surface area contributed by atoms with Crippen molar-refractivity contribution in [2.45, 2.75) is 6.54 Å².